The minimum atomic E-state index is -1.32. The molecule has 1 unspecified atom stereocenters. The number of hydrogen-bond donors (Lipinski definition) is 4. The Kier molecular flexibility index (Phi) is 9.42. The molecular weight excluding hydrogens is 595 g/mol. The molecule has 226 valence electrons. The van der Waals surface area contributed by atoms with Crippen LogP contribution in [0.25, 0.3) is 11.0 Å². The Morgan fingerprint density at radius 2 is 2.02 bits per heavy atom. The Hall–Kier alpha value is -3.82. The lowest BCUT2D eigenvalue weighted by Gasteiger charge is -2.37. The molecule has 1 saturated heterocycles. The number of nitrogens with one attached hydrogen (secondary N) is 3. The summed E-state index contributed by atoms with van der Waals surface area (Å²) < 4.78 is 5.43. The lowest BCUT2D eigenvalue weighted by atomic mass is 9.96. The summed E-state index contributed by atoms with van der Waals surface area (Å²) in [5, 5.41) is 28.4. The average molecular weight is 628 g/mol. The summed E-state index contributed by atoms with van der Waals surface area (Å²) in [4.78, 5) is 42.4. The van der Waals surface area contributed by atoms with Crippen LogP contribution < -0.4 is 16.0 Å². The maximum Gasteiger partial charge on any atom is 0.327 e. The van der Waals surface area contributed by atoms with Crippen LogP contribution in [0.5, 0.6) is 0 Å². The summed E-state index contributed by atoms with van der Waals surface area (Å²) in [6.45, 7) is 4.10. The van der Waals surface area contributed by atoms with Gasteiger partial charge in [0.1, 0.15) is 17.9 Å². The molecule has 0 radical (unpaired) electrons. The van der Waals surface area contributed by atoms with Crippen molar-refractivity contribution >= 4 is 52.0 Å². The second kappa shape index (κ2) is 13.2. The van der Waals surface area contributed by atoms with E-state index >= 15 is 0 Å². The monoisotopic (exact) mass is 626 g/mol. The van der Waals surface area contributed by atoms with E-state index in [2.05, 4.69) is 22.9 Å². The first-order chi connectivity index (χ1) is 20.7. The first-order valence-corrected chi connectivity index (χ1v) is 14.8. The highest BCUT2D eigenvalue weighted by molar-refractivity contribution is 6.40. The van der Waals surface area contributed by atoms with Gasteiger partial charge in [-0.2, -0.15) is 5.26 Å². The Morgan fingerprint density at radius 3 is 2.77 bits per heavy atom. The number of halogens is 2. The summed E-state index contributed by atoms with van der Waals surface area (Å²) in [7, 11) is 0. The molecule has 2 aromatic carbocycles. The van der Waals surface area contributed by atoms with Crippen molar-refractivity contribution in [3.8, 4) is 6.19 Å². The van der Waals surface area contributed by atoms with Gasteiger partial charge in [-0.1, -0.05) is 36.2 Å². The molecule has 2 amide bonds. The topological polar surface area (TPSA) is 151 Å². The van der Waals surface area contributed by atoms with Crippen LogP contribution in [0.2, 0.25) is 10.0 Å². The molecule has 0 aliphatic carbocycles. The largest absolute Gasteiger partial charge is 0.480 e. The first kappa shape index (κ1) is 30.6. The molecule has 1 aromatic heterocycles. The zero-order valence-electron chi connectivity index (χ0n) is 23.5. The van der Waals surface area contributed by atoms with Crippen LogP contribution in [0.3, 0.4) is 0 Å². The van der Waals surface area contributed by atoms with Gasteiger partial charge in [0.25, 0.3) is 11.8 Å². The molecule has 11 nitrogen and oxygen atoms in total. The summed E-state index contributed by atoms with van der Waals surface area (Å²) in [5.74, 6) is -1.71. The molecule has 5 rings (SSSR count). The summed E-state index contributed by atoms with van der Waals surface area (Å²) in [6, 6.07) is 7.40. The number of piperidine rings is 1. The van der Waals surface area contributed by atoms with Gasteiger partial charge in [-0.25, -0.2) is 4.79 Å². The quantitative estimate of drug-likeness (QED) is 0.158. The van der Waals surface area contributed by atoms with Crippen molar-refractivity contribution in [1.82, 2.24) is 25.8 Å². The number of nitriles is 1. The normalized spacial score (nSPS) is 18.4. The van der Waals surface area contributed by atoms with Crippen molar-refractivity contribution in [2.75, 3.05) is 26.2 Å². The van der Waals surface area contributed by atoms with Crippen molar-refractivity contribution in [3.05, 3.63) is 68.9 Å². The van der Waals surface area contributed by atoms with E-state index in [0.717, 1.165) is 31.3 Å². The van der Waals surface area contributed by atoms with Gasteiger partial charge in [0, 0.05) is 43.7 Å². The molecule has 2 aliphatic heterocycles. The Labute approximate surface area is 258 Å². The molecule has 0 bridgehead atoms. The van der Waals surface area contributed by atoms with Crippen LogP contribution >= 0.6 is 23.2 Å². The van der Waals surface area contributed by atoms with Gasteiger partial charge in [0.2, 0.25) is 0 Å². The molecule has 2 aliphatic rings. The van der Waals surface area contributed by atoms with Crippen molar-refractivity contribution in [3.63, 3.8) is 0 Å². The van der Waals surface area contributed by atoms with Crippen LogP contribution in [0, 0.1) is 17.4 Å². The molecule has 13 heteroatoms. The molecule has 3 heterocycles. The minimum Gasteiger partial charge on any atom is -0.480 e. The van der Waals surface area contributed by atoms with Crippen molar-refractivity contribution in [1.29, 1.82) is 5.26 Å². The highest BCUT2D eigenvalue weighted by Crippen LogP contribution is 2.35. The molecule has 43 heavy (non-hydrogen) atoms. The number of carbonyl (C=O) groups is 3. The van der Waals surface area contributed by atoms with Gasteiger partial charge < -0.3 is 19.7 Å². The zero-order valence-corrected chi connectivity index (χ0v) is 25.0. The Morgan fingerprint density at radius 1 is 1.21 bits per heavy atom. The zero-order chi connectivity index (χ0) is 30.7. The number of rotatable bonds is 9. The number of aliphatic carboxylic acids is 1. The third kappa shape index (κ3) is 6.73. The molecular formula is C30H32Cl2N6O5. The van der Waals surface area contributed by atoms with Crippen LogP contribution in [0.4, 0.5) is 0 Å². The van der Waals surface area contributed by atoms with Crippen LogP contribution in [-0.2, 0) is 17.8 Å². The number of fused-ring (bicyclic) bond motifs is 2. The molecule has 0 saturated carbocycles. The number of hydrogen-bond acceptors (Lipinski definition) is 8. The van der Waals surface area contributed by atoms with Crippen molar-refractivity contribution in [2.24, 2.45) is 5.92 Å². The predicted octanol–water partition coefficient (Wildman–Crippen LogP) is 3.80. The first-order valence-electron chi connectivity index (χ1n) is 14.1. The standard InChI is InChI=1S/C30H32Cl2N6O5/c1-17-3-2-8-38(14-17)30(35-16-33)34-13-23(29(41)42)36-27(39)25-22(31)11-20-15-37(9-6-21(20)26(25)32)28(40)19-5-4-18-7-10-43-24(18)12-19/h4-5,7,10-12,17,23,30,34-35H,2-3,6,8-9,13-15H2,1H3,(H,36,39)(H,41,42)/t17-,23+,30?/m1/s1. The van der Waals surface area contributed by atoms with Gasteiger partial charge >= 0.3 is 5.97 Å². The van der Waals surface area contributed by atoms with Gasteiger partial charge in [0.15, 0.2) is 6.19 Å². The minimum absolute atomic E-state index is 0.0204. The molecule has 3 aromatic rings. The maximum absolute atomic E-state index is 13.3. The van der Waals surface area contributed by atoms with E-state index in [1.165, 1.54) is 0 Å². The van der Waals surface area contributed by atoms with Gasteiger partial charge in [-0.05, 0) is 60.6 Å². The summed E-state index contributed by atoms with van der Waals surface area (Å²) in [5.41, 5.74) is 2.49. The lowest BCUT2D eigenvalue weighted by Crippen LogP contribution is -2.59. The number of furan rings is 1. The fraction of sp³-hybridized carbons (Fsp3) is 0.400. The fourth-order valence-electron chi connectivity index (χ4n) is 5.76. The number of amides is 2. The van der Waals surface area contributed by atoms with E-state index in [9.17, 15) is 24.8 Å². The third-order valence-electron chi connectivity index (χ3n) is 8.00. The summed E-state index contributed by atoms with van der Waals surface area (Å²) in [6.07, 6.45) is 5.35. The molecule has 1 fully saturated rings. The van der Waals surface area contributed by atoms with Crippen molar-refractivity contribution < 1.29 is 23.9 Å². The predicted molar refractivity (Wildman–Crippen MR) is 161 cm³/mol. The van der Waals surface area contributed by atoms with E-state index in [1.54, 1.807) is 29.4 Å². The highest BCUT2D eigenvalue weighted by Gasteiger charge is 2.31. The second-order valence-corrected chi connectivity index (χ2v) is 11.8. The van der Waals surface area contributed by atoms with E-state index in [4.69, 9.17) is 27.6 Å². The number of likely N-dealkylation sites (tertiary alicyclic amines) is 1. The number of carboxylic acids is 1. The SMILES string of the molecule is C[C@@H]1CCCN(C(NC#N)NC[C@H](NC(=O)c2c(Cl)cc3c(c2Cl)CCN(C(=O)c2ccc4ccoc4c2)C3)C(=O)O)C1. The number of benzene rings is 2. The van der Waals surface area contributed by atoms with E-state index in [1.807, 2.05) is 23.2 Å². The summed E-state index contributed by atoms with van der Waals surface area (Å²) >= 11 is 13.2. The molecule has 0 spiro atoms. The van der Waals surface area contributed by atoms with Crippen LogP contribution in [0.15, 0.2) is 41.0 Å². The highest BCUT2D eigenvalue weighted by atomic mass is 35.5. The van der Waals surface area contributed by atoms with Crippen LogP contribution in [-0.4, -0.2) is 71.2 Å². The lowest BCUT2D eigenvalue weighted by molar-refractivity contribution is -0.139. The number of carboxylic acid groups (broad SMARTS) is 1. The Bertz CT molecular complexity index is 1590. The molecule has 3 atom stereocenters. The van der Waals surface area contributed by atoms with E-state index < -0.39 is 24.2 Å². The average Bonchev–Trinajstić information content (AvgIpc) is 3.46. The maximum atomic E-state index is 13.3. The van der Waals surface area contributed by atoms with Gasteiger partial charge in [0.05, 0.1) is 21.9 Å². The van der Waals surface area contributed by atoms with Crippen LogP contribution in [0.1, 0.15) is 51.6 Å². The Balaban J connectivity index is 1.27. The third-order valence-corrected chi connectivity index (χ3v) is 8.71. The smallest absolute Gasteiger partial charge is 0.327 e. The van der Waals surface area contributed by atoms with E-state index in [0.29, 0.717) is 41.2 Å². The molecule has 4 N–H and O–H groups in total. The second-order valence-electron chi connectivity index (χ2n) is 11.0. The number of carbonyl (C=O) groups excluding carboxylic acids is 2. The number of nitrogens with zero attached hydrogens (tertiary/aromatic N) is 3. The van der Waals surface area contributed by atoms with Gasteiger partial charge in [-0.3, -0.25) is 25.1 Å². The van der Waals surface area contributed by atoms with E-state index in [-0.39, 0.29) is 34.6 Å². The van der Waals surface area contributed by atoms with Gasteiger partial charge in [-0.15, -0.1) is 0 Å². The van der Waals surface area contributed by atoms with Crippen molar-refractivity contribution in [2.45, 2.75) is 45.1 Å². The fourth-order valence-corrected chi connectivity index (χ4v) is 6.52.